The maximum absolute atomic E-state index is 13.2. The van der Waals surface area contributed by atoms with Gasteiger partial charge in [-0.25, -0.2) is 13.6 Å². The monoisotopic (exact) mass is 566 g/mol. The SMILES string of the molecule is CN=C(NCCOc1ccc(F)c(F)c1)NC1CC2CCC(C1)N2C(=O)OC(C)(C)C.I. The van der Waals surface area contributed by atoms with E-state index in [1.54, 1.807) is 7.05 Å². The molecular weight excluding hydrogens is 533 g/mol. The van der Waals surface area contributed by atoms with Crippen molar-refractivity contribution in [2.45, 2.75) is 70.2 Å². The lowest BCUT2D eigenvalue weighted by Crippen LogP contribution is -2.55. The molecule has 180 valence electrons. The number of carbonyl (C=O) groups is 1. The standard InChI is InChI=1S/C22H32F2N4O3.HI/c1-22(2,3)31-21(29)28-15-5-6-16(28)12-14(11-15)27-20(25-4)26-9-10-30-17-7-8-18(23)19(24)13-17;/h7-8,13-16H,5-6,9-12H2,1-4H3,(H2,25,26,27);1H. The molecule has 1 aromatic carbocycles. The second-order valence-electron chi connectivity index (χ2n) is 9.01. The number of nitrogens with zero attached hydrogens (tertiary/aromatic N) is 2. The zero-order valence-electron chi connectivity index (χ0n) is 19.0. The number of hydrogen-bond acceptors (Lipinski definition) is 4. The molecule has 3 rings (SSSR count). The number of aliphatic imine (C=N–C) groups is 1. The summed E-state index contributed by atoms with van der Waals surface area (Å²) in [5, 5.41) is 6.59. The van der Waals surface area contributed by atoms with E-state index in [1.807, 2.05) is 25.7 Å². The van der Waals surface area contributed by atoms with Crippen LogP contribution in [0.3, 0.4) is 0 Å². The predicted octanol–water partition coefficient (Wildman–Crippen LogP) is 4.06. The van der Waals surface area contributed by atoms with E-state index >= 15 is 0 Å². The molecule has 1 aromatic rings. The molecule has 7 nitrogen and oxygen atoms in total. The quantitative estimate of drug-likeness (QED) is 0.244. The maximum Gasteiger partial charge on any atom is 0.410 e. The van der Waals surface area contributed by atoms with Gasteiger partial charge < -0.3 is 25.0 Å². The van der Waals surface area contributed by atoms with Crippen molar-refractivity contribution in [3.8, 4) is 5.75 Å². The van der Waals surface area contributed by atoms with Crippen LogP contribution in [-0.2, 0) is 4.74 Å². The largest absolute Gasteiger partial charge is 0.492 e. The lowest BCUT2D eigenvalue weighted by Gasteiger charge is -2.40. The van der Waals surface area contributed by atoms with Crippen molar-refractivity contribution < 1.29 is 23.0 Å². The van der Waals surface area contributed by atoms with Crippen LogP contribution in [0.2, 0.25) is 0 Å². The van der Waals surface area contributed by atoms with Gasteiger partial charge in [0.25, 0.3) is 0 Å². The highest BCUT2D eigenvalue weighted by atomic mass is 127. The van der Waals surface area contributed by atoms with E-state index in [4.69, 9.17) is 9.47 Å². The van der Waals surface area contributed by atoms with Crippen LogP contribution in [0, 0.1) is 11.6 Å². The molecule has 2 atom stereocenters. The van der Waals surface area contributed by atoms with Crippen molar-refractivity contribution in [3.63, 3.8) is 0 Å². The first-order valence-electron chi connectivity index (χ1n) is 10.7. The van der Waals surface area contributed by atoms with E-state index in [0.717, 1.165) is 37.8 Å². The van der Waals surface area contributed by atoms with Gasteiger partial charge >= 0.3 is 6.09 Å². The summed E-state index contributed by atoms with van der Waals surface area (Å²) in [6.07, 6.45) is 3.41. The van der Waals surface area contributed by atoms with Crippen molar-refractivity contribution in [1.82, 2.24) is 15.5 Å². The Kier molecular flexibility index (Phi) is 9.35. The lowest BCUT2D eigenvalue weighted by molar-refractivity contribution is 0.00544. The predicted molar refractivity (Wildman–Crippen MR) is 130 cm³/mol. The van der Waals surface area contributed by atoms with Gasteiger partial charge in [-0.15, -0.1) is 24.0 Å². The minimum atomic E-state index is -0.935. The molecule has 32 heavy (non-hydrogen) atoms. The van der Waals surface area contributed by atoms with Crippen LogP contribution in [0.1, 0.15) is 46.5 Å². The molecule has 2 heterocycles. The number of guanidine groups is 1. The van der Waals surface area contributed by atoms with Crippen molar-refractivity contribution in [3.05, 3.63) is 29.8 Å². The first kappa shape index (κ1) is 26.4. The topological polar surface area (TPSA) is 75.2 Å². The molecule has 2 bridgehead atoms. The van der Waals surface area contributed by atoms with Crippen molar-refractivity contribution in [2.75, 3.05) is 20.2 Å². The number of rotatable bonds is 5. The summed E-state index contributed by atoms with van der Waals surface area (Å²) in [5.74, 6) is -0.921. The van der Waals surface area contributed by atoms with Gasteiger partial charge in [-0.3, -0.25) is 4.99 Å². The molecule has 0 aliphatic carbocycles. The van der Waals surface area contributed by atoms with Crippen LogP contribution < -0.4 is 15.4 Å². The average molecular weight is 566 g/mol. The molecule has 2 aliphatic rings. The van der Waals surface area contributed by atoms with E-state index < -0.39 is 17.2 Å². The molecule has 2 saturated heterocycles. The molecule has 2 aliphatic heterocycles. The third-order valence-corrected chi connectivity index (χ3v) is 5.46. The van der Waals surface area contributed by atoms with Crippen molar-refractivity contribution >= 4 is 36.0 Å². The summed E-state index contributed by atoms with van der Waals surface area (Å²) < 4.78 is 37.2. The van der Waals surface area contributed by atoms with Crippen molar-refractivity contribution in [1.29, 1.82) is 0 Å². The van der Waals surface area contributed by atoms with E-state index in [-0.39, 0.29) is 60.6 Å². The summed E-state index contributed by atoms with van der Waals surface area (Å²) in [7, 11) is 1.69. The first-order chi connectivity index (χ1) is 14.7. The van der Waals surface area contributed by atoms with Crippen LogP contribution in [0.4, 0.5) is 13.6 Å². The van der Waals surface area contributed by atoms with E-state index in [1.165, 1.54) is 6.07 Å². The second-order valence-corrected chi connectivity index (χ2v) is 9.01. The van der Waals surface area contributed by atoms with Crippen LogP contribution >= 0.6 is 24.0 Å². The smallest absolute Gasteiger partial charge is 0.410 e. The van der Waals surface area contributed by atoms with Crippen LogP contribution in [-0.4, -0.2) is 60.9 Å². The molecule has 0 aromatic heterocycles. The molecule has 0 spiro atoms. The third kappa shape index (κ3) is 7.08. The molecule has 10 heteroatoms. The van der Waals surface area contributed by atoms with Crippen LogP contribution in [0.25, 0.3) is 0 Å². The summed E-state index contributed by atoms with van der Waals surface area (Å²) in [5.41, 5.74) is -0.501. The fourth-order valence-electron chi connectivity index (χ4n) is 4.20. The molecular formula is C22H33F2IN4O3. The number of amides is 1. The van der Waals surface area contributed by atoms with E-state index in [2.05, 4.69) is 15.6 Å². The molecule has 2 N–H and O–H groups in total. The normalized spacial score (nSPS) is 22.8. The highest BCUT2D eigenvalue weighted by Gasteiger charge is 2.45. The Balaban J connectivity index is 0.00000363. The summed E-state index contributed by atoms with van der Waals surface area (Å²) in [4.78, 5) is 18.7. The maximum atomic E-state index is 13.2. The number of piperidine rings is 1. The summed E-state index contributed by atoms with van der Waals surface area (Å²) in [6.45, 7) is 6.36. The van der Waals surface area contributed by atoms with Crippen molar-refractivity contribution in [2.24, 2.45) is 4.99 Å². The van der Waals surface area contributed by atoms with Gasteiger partial charge in [0, 0.05) is 31.2 Å². The summed E-state index contributed by atoms with van der Waals surface area (Å²) >= 11 is 0. The van der Waals surface area contributed by atoms with Crippen LogP contribution in [0.15, 0.2) is 23.2 Å². The molecule has 0 radical (unpaired) electrons. The Morgan fingerprint density at radius 2 is 1.84 bits per heavy atom. The third-order valence-electron chi connectivity index (χ3n) is 5.46. The highest BCUT2D eigenvalue weighted by molar-refractivity contribution is 14.0. The fourth-order valence-corrected chi connectivity index (χ4v) is 4.20. The van der Waals surface area contributed by atoms with E-state index in [0.29, 0.717) is 12.5 Å². The molecule has 2 unspecified atom stereocenters. The minimum absolute atomic E-state index is 0. The molecule has 0 saturated carbocycles. The average Bonchev–Trinajstić information content (AvgIpc) is 2.96. The van der Waals surface area contributed by atoms with Crippen LogP contribution in [0.5, 0.6) is 5.75 Å². The molecule has 1 amide bonds. The molecule has 2 fully saturated rings. The number of fused-ring (bicyclic) bond motifs is 2. The number of ether oxygens (including phenoxy) is 2. The lowest BCUT2D eigenvalue weighted by atomic mass is 9.98. The Hall–Kier alpha value is -1.85. The number of nitrogens with one attached hydrogen (secondary N) is 2. The van der Waals surface area contributed by atoms with Gasteiger partial charge in [-0.2, -0.15) is 0 Å². The Morgan fingerprint density at radius 3 is 2.41 bits per heavy atom. The Morgan fingerprint density at radius 1 is 1.19 bits per heavy atom. The zero-order valence-corrected chi connectivity index (χ0v) is 21.3. The number of carbonyl (C=O) groups excluding carboxylic acids is 1. The van der Waals surface area contributed by atoms with Gasteiger partial charge in [0.15, 0.2) is 17.6 Å². The number of benzene rings is 1. The number of halogens is 3. The summed E-state index contributed by atoms with van der Waals surface area (Å²) in [6, 6.07) is 3.99. The number of hydrogen-bond donors (Lipinski definition) is 2. The highest BCUT2D eigenvalue weighted by Crippen LogP contribution is 2.36. The van der Waals surface area contributed by atoms with Gasteiger partial charge in [0.05, 0.1) is 6.54 Å². The van der Waals surface area contributed by atoms with Gasteiger partial charge in [-0.1, -0.05) is 0 Å². The minimum Gasteiger partial charge on any atom is -0.492 e. The second kappa shape index (κ2) is 11.3. The first-order valence-corrected chi connectivity index (χ1v) is 10.7. The van der Waals surface area contributed by atoms with E-state index in [9.17, 15) is 13.6 Å². The Bertz CT molecular complexity index is 805. The Labute approximate surface area is 205 Å². The zero-order chi connectivity index (χ0) is 22.6. The van der Waals surface area contributed by atoms with Gasteiger partial charge in [0.1, 0.15) is 18.0 Å². The van der Waals surface area contributed by atoms with Gasteiger partial charge in [-0.05, 0) is 58.6 Å². The fraction of sp³-hybridized carbons (Fsp3) is 0.636. The van der Waals surface area contributed by atoms with Gasteiger partial charge in [0.2, 0.25) is 0 Å².